The maximum atomic E-state index is 12.8. The predicted octanol–water partition coefficient (Wildman–Crippen LogP) is 3.23. The van der Waals surface area contributed by atoms with Gasteiger partial charge in [0.05, 0.1) is 24.8 Å². The highest BCUT2D eigenvalue weighted by molar-refractivity contribution is 6.01. The molecule has 1 fully saturated rings. The lowest BCUT2D eigenvalue weighted by atomic mass is 9.87. The van der Waals surface area contributed by atoms with E-state index in [-0.39, 0.29) is 24.9 Å². The predicted molar refractivity (Wildman–Crippen MR) is 104 cm³/mol. The molecule has 3 atom stereocenters. The second kappa shape index (κ2) is 7.43. The van der Waals surface area contributed by atoms with E-state index in [0.717, 1.165) is 24.0 Å². The SMILES string of the molecule is COCOC1CC2CC(c3ccc4ccccc4c3)=C(C(=O)OC)C1N2C. The van der Waals surface area contributed by atoms with Crippen LogP contribution in [-0.4, -0.2) is 57.1 Å². The van der Waals surface area contributed by atoms with Crippen LogP contribution in [0.3, 0.4) is 0 Å². The Balaban J connectivity index is 1.82. The number of hydrogen-bond acceptors (Lipinski definition) is 5. The summed E-state index contributed by atoms with van der Waals surface area (Å²) in [5.41, 5.74) is 2.87. The van der Waals surface area contributed by atoms with Gasteiger partial charge in [0.2, 0.25) is 0 Å². The minimum absolute atomic E-state index is 0.0768. The molecular weight excluding hydrogens is 342 g/mol. The summed E-state index contributed by atoms with van der Waals surface area (Å²) < 4.78 is 16.2. The van der Waals surface area contributed by atoms with Gasteiger partial charge in [-0.3, -0.25) is 4.90 Å². The molecule has 2 aliphatic rings. The zero-order valence-electron chi connectivity index (χ0n) is 16.0. The molecule has 27 heavy (non-hydrogen) atoms. The smallest absolute Gasteiger partial charge is 0.335 e. The monoisotopic (exact) mass is 367 g/mol. The Morgan fingerprint density at radius 2 is 1.93 bits per heavy atom. The Hall–Kier alpha value is -2.21. The number of hydrogen-bond donors (Lipinski definition) is 0. The minimum Gasteiger partial charge on any atom is -0.466 e. The highest BCUT2D eigenvalue weighted by Gasteiger charge is 2.48. The van der Waals surface area contributed by atoms with Crippen molar-refractivity contribution in [1.29, 1.82) is 0 Å². The molecule has 5 nitrogen and oxygen atoms in total. The van der Waals surface area contributed by atoms with Crippen LogP contribution in [0.5, 0.6) is 0 Å². The van der Waals surface area contributed by atoms with Crippen molar-refractivity contribution in [2.75, 3.05) is 28.1 Å². The van der Waals surface area contributed by atoms with E-state index in [2.05, 4.69) is 42.3 Å². The van der Waals surface area contributed by atoms with Crippen LogP contribution in [0, 0.1) is 0 Å². The van der Waals surface area contributed by atoms with Gasteiger partial charge < -0.3 is 14.2 Å². The van der Waals surface area contributed by atoms with Crippen molar-refractivity contribution < 1.29 is 19.0 Å². The van der Waals surface area contributed by atoms with Gasteiger partial charge in [-0.05, 0) is 47.9 Å². The number of esters is 1. The number of nitrogens with zero attached hydrogens (tertiary/aromatic N) is 1. The lowest BCUT2D eigenvalue weighted by Gasteiger charge is -2.35. The quantitative estimate of drug-likeness (QED) is 0.600. The van der Waals surface area contributed by atoms with Crippen molar-refractivity contribution in [3.63, 3.8) is 0 Å². The first-order chi connectivity index (χ1) is 13.1. The van der Waals surface area contributed by atoms with Gasteiger partial charge in [0.15, 0.2) is 0 Å². The van der Waals surface area contributed by atoms with Crippen molar-refractivity contribution in [3.05, 3.63) is 53.6 Å². The van der Waals surface area contributed by atoms with Gasteiger partial charge in [-0.15, -0.1) is 0 Å². The summed E-state index contributed by atoms with van der Waals surface area (Å²) in [5, 5.41) is 2.36. The topological polar surface area (TPSA) is 48.0 Å². The average molecular weight is 367 g/mol. The maximum absolute atomic E-state index is 12.8. The molecule has 5 heteroatoms. The van der Waals surface area contributed by atoms with Crippen molar-refractivity contribution in [3.8, 4) is 0 Å². The molecule has 1 saturated heterocycles. The first kappa shape index (κ1) is 18.2. The third kappa shape index (κ3) is 3.16. The lowest BCUT2D eigenvalue weighted by Crippen LogP contribution is -2.44. The molecule has 0 N–H and O–H groups in total. The summed E-state index contributed by atoms with van der Waals surface area (Å²) in [4.78, 5) is 15.0. The molecule has 2 aromatic rings. The van der Waals surface area contributed by atoms with E-state index in [1.54, 1.807) is 7.11 Å². The van der Waals surface area contributed by atoms with E-state index in [4.69, 9.17) is 14.2 Å². The Morgan fingerprint density at radius 3 is 2.67 bits per heavy atom. The van der Waals surface area contributed by atoms with Gasteiger partial charge in [0.25, 0.3) is 0 Å². The molecule has 0 amide bonds. The van der Waals surface area contributed by atoms with Crippen LogP contribution >= 0.6 is 0 Å². The summed E-state index contributed by atoms with van der Waals surface area (Å²) in [6.45, 7) is 0.224. The van der Waals surface area contributed by atoms with Crippen LogP contribution in [0.15, 0.2) is 48.0 Å². The number of fused-ring (bicyclic) bond motifs is 3. The molecular formula is C22H25NO4. The van der Waals surface area contributed by atoms with Gasteiger partial charge in [-0.1, -0.05) is 36.4 Å². The van der Waals surface area contributed by atoms with E-state index >= 15 is 0 Å². The molecule has 4 rings (SSSR count). The van der Waals surface area contributed by atoms with Crippen LogP contribution < -0.4 is 0 Å². The summed E-state index contributed by atoms with van der Waals surface area (Å²) in [5.74, 6) is -0.277. The number of rotatable bonds is 5. The summed E-state index contributed by atoms with van der Waals surface area (Å²) in [7, 11) is 5.12. The first-order valence-corrected chi connectivity index (χ1v) is 9.27. The number of methoxy groups -OCH3 is 2. The number of likely N-dealkylation sites (N-methyl/N-ethyl adjacent to an activating group) is 1. The normalized spacial score (nSPS) is 25.2. The Bertz CT molecular complexity index is 891. The molecule has 142 valence electrons. The standard InChI is InChI=1S/C22H25NO4/c1-23-17-11-18(16-9-8-14-6-4-5-7-15(14)10-16)20(22(24)26-3)21(23)19(12-17)27-13-25-2/h4-10,17,19,21H,11-13H2,1-3H3. The second-order valence-corrected chi connectivity index (χ2v) is 7.26. The summed E-state index contributed by atoms with van der Waals surface area (Å²) >= 11 is 0. The van der Waals surface area contributed by atoms with Crippen molar-refractivity contribution in [2.24, 2.45) is 0 Å². The maximum Gasteiger partial charge on any atom is 0.335 e. The Morgan fingerprint density at radius 1 is 1.15 bits per heavy atom. The first-order valence-electron chi connectivity index (χ1n) is 9.27. The van der Waals surface area contributed by atoms with Crippen molar-refractivity contribution in [2.45, 2.75) is 31.0 Å². The van der Waals surface area contributed by atoms with Gasteiger partial charge in [0.1, 0.15) is 6.79 Å². The molecule has 2 bridgehead atoms. The van der Waals surface area contributed by atoms with Crippen LogP contribution in [0.4, 0.5) is 0 Å². The molecule has 0 aromatic heterocycles. The van der Waals surface area contributed by atoms with Gasteiger partial charge in [-0.25, -0.2) is 4.79 Å². The van der Waals surface area contributed by atoms with Gasteiger partial charge in [-0.2, -0.15) is 0 Å². The number of carbonyl (C=O) groups is 1. The van der Waals surface area contributed by atoms with Gasteiger partial charge in [0, 0.05) is 13.2 Å². The van der Waals surface area contributed by atoms with Crippen molar-refractivity contribution in [1.82, 2.24) is 4.90 Å². The van der Waals surface area contributed by atoms with Crippen LogP contribution in [0.2, 0.25) is 0 Å². The van der Waals surface area contributed by atoms with E-state index < -0.39 is 0 Å². The molecule has 0 aliphatic carbocycles. The van der Waals surface area contributed by atoms with Crippen LogP contribution in [-0.2, 0) is 19.0 Å². The second-order valence-electron chi connectivity index (χ2n) is 7.26. The zero-order valence-corrected chi connectivity index (χ0v) is 16.0. The van der Waals surface area contributed by atoms with Gasteiger partial charge >= 0.3 is 5.97 Å². The number of carbonyl (C=O) groups excluding carboxylic acids is 1. The van der Waals surface area contributed by atoms with E-state index in [1.165, 1.54) is 17.9 Å². The fraction of sp³-hybridized carbons (Fsp3) is 0.409. The van der Waals surface area contributed by atoms with Crippen molar-refractivity contribution >= 4 is 22.3 Å². The Labute approximate surface area is 159 Å². The number of benzene rings is 2. The molecule has 2 aliphatic heterocycles. The minimum atomic E-state index is -0.277. The fourth-order valence-electron chi connectivity index (χ4n) is 4.51. The highest BCUT2D eigenvalue weighted by atomic mass is 16.7. The average Bonchev–Trinajstić information content (AvgIpc) is 2.89. The van der Waals surface area contributed by atoms with Crippen LogP contribution in [0.25, 0.3) is 16.3 Å². The lowest BCUT2D eigenvalue weighted by molar-refractivity contribution is -0.138. The number of ether oxygens (including phenoxy) is 3. The van der Waals surface area contributed by atoms with Crippen LogP contribution in [0.1, 0.15) is 18.4 Å². The Kier molecular flexibility index (Phi) is 5.00. The molecule has 0 radical (unpaired) electrons. The third-order valence-corrected chi connectivity index (χ3v) is 5.84. The molecule has 2 aromatic carbocycles. The van der Waals surface area contributed by atoms with E-state index in [0.29, 0.717) is 11.6 Å². The highest BCUT2D eigenvalue weighted by Crippen LogP contribution is 2.44. The molecule has 0 spiro atoms. The largest absolute Gasteiger partial charge is 0.466 e. The zero-order chi connectivity index (χ0) is 19.0. The van der Waals surface area contributed by atoms with E-state index in [1.807, 2.05) is 12.1 Å². The molecule has 2 heterocycles. The van der Waals surface area contributed by atoms with E-state index in [9.17, 15) is 4.79 Å². The summed E-state index contributed by atoms with van der Waals surface area (Å²) in [6.07, 6.45) is 1.61. The molecule has 0 saturated carbocycles. The third-order valence-electron chi connectivity index (χ3n) is 5.84. The molecule has 3 unspecified atom stereocenters. The summed E-state index contributed by atoms with van der Waals surface area (Å²) in [6, 6.07) is 14.9. The fourth-order valence-corrected chi connectivity index (χ4v) is 4.51.